The van der Waals surface area contributed by atoms with Gasteiger partial charge >= 0.3 is 0 Å². The van der Waals surface area contributed by atoms with E-state index in [0.29, 0.717) is 12.0 Å². The first-order valence-electron chi connectivity index (χ1n) is 11.7. The second-order valence-electron chi connectivity index (χ2n) is 8.79. The van der Waals surface area contributed by atoms with Crippen molar-refractivity contribution >= 4 is 0 Å². The summed E-state index contributed by atoms with van der Waals surface area (Å²) in [5, 5.41) is 0. The van der Waals surface area contributed by atoms with E-state index >= 15 is 0 Å². The highest BCUT2D eigenvalue weighted by molar-refractivity contribution is 5.17. The van der Waals surface area contributed by atoms with Crippen molar-refractivity contribution in [3.05, 3.63) is 90.1 Å². The zero-order valence-corrected chi connectivity index (χ0v) is 19.1. The van der Waals surface area contributed by atoms with Gasteiger partial charge in [0.15, 0.2) is 0 Å². The lowest BCUT2D eigenvalue weighted by Gasteiger charge is -2.41. The van der Waals surface area contributed by atoms with Gasteiger partial charge in [-0.3, -0.25) is 14.8 Å². The van der Waals surface area contributed by atoms with Crippen LogP contribution in [0.3, 0.4) is 0 Å². The summed E-state index contributed by atoms with van der Waals surface area (Å²) in [5.74, 6) is 0.649. The fourth-order valence-corrected chi connectivity index (χ4v) is 4.86. The maximum atomic E-state index is 5.49. The smallest absolute Gasteiger partial charge is 0.0947 e. The lowest BCUT2D eigenvalue weighted by Crippen LogP contribution is -2.47. The van der Waals surface area contributed by atoms with E-state index in [0.717, 1.165) is 51.4 Å². The summed E-state index contributed by atoms with van der Waals surface area (Å²) in [4.78, 5) is 9.78. The molecule has 0 spiro atoms. The predicted molar refractivity (Wildman–Crippen MR) is 127 cm³/mol. The van der Waals surface area contributed by atoms with E-state index in [1.54, 1.807) is 13.4 Å². The Hall–Kier alpha value is -2.47. The third-order valence-corrected chi connectivity index (χ3v) is 6.59. The van der Waals surface area contributed by atoms with E-state index in [1.807, 2.05) is 18.5 Å². The zero-order valence-electron chi connectivity index (χ0n) is 19.1. The normalized spacial score (nSPS) is 16.4. The molecule has 0 aliphatic carbocycles. The molecule has 0 saturated carbocycles. The molecule has 1 atom stereocenters. The van der Waals surface area contributed by atoms with E-state index in [4.69, 9.17) is 9.15 Å². The third-order valence-electron chi connectivity index (χ3n) is 6.59. The van der Waals surface area contributed by atoms with Gasteiger partial charge in [-0.1, -0.05) is 36.4 Å². The molecule has 2 aromatic heterocycles. The molecule has 0 unspecified atom stereocenters. The first-order chi connectivity index (χ1) is 15.8. The molecule has 3 heterocycles. The van der Waals surface area contributed by atoms with Crippen LogP contribution >= 0.6 is 0 Å². The van der Waals surface area contributed by atoms with Crippen molar-refractivity contribution < 1.29 is 9.15 Å². The molecule has 32 heavy (non-hydrogen) atoms. The summed E-state index contributed by atoms with van der Waals surface area (Å²) < 4.78 is 10.8. The Morgan fingerprint density at radius 1 is 1.06 bits per heavy atom. The minimum Gasteiger partial charge on any atom is -0.472 e. The molecule has 1 aliphatic rings. The van der Waals surface area contributed by atoms with Gasteiger partial charge in [-0.25, -0.2) is 0 Å². The molecule has 1 aliphatic heterocycles. The summed E-state index contributed by atoms with van der Waals surface area (Å²) in [6, 6.07) is 19.7. The molecular weight excluding hydrogens is 398 g/mol. The number of pyridine rings is 1. The van der Waals surface area contributed by atoms with Crippen LogP contribution in [0.2, 0.25) is 0 Å². The average Bonchev–Trinajstić information content (AvgIpc) is 3.35. The summed E-state index contributed by atoms with van der Waals surface area (Å²) in [5.41, 5.74) is 3.79. The predicted octanol–water partition coefficient (Wildman–Crippen LogP) is 4.65. The van der Waals surface area contributed by atoms with Crippen LogP contribution in [0.1, 0.15) is 29.7 Å². The van der Waals surface area contributed by atoms with Crippen molar-refractivity contribution in [3.63, 3.8) is 0 Å². The van der Waals surface area contributed by atoms with Crippen LogP contribution in [-0.2, 0) is 24.2 Å². The molecule has 1 aromatic carbocycles. The second kappa shape index (κ2) is 12.0. The molecule has 5 nitrogen and oxygen atoms in total. The van der Waals surface area contributed by atoms with Crippen molar-refractivity contribution in [2.24, 2.45) is 5.92 Å². The number of likely N-dealkylation sites (tertiary alicyclic amines) is 1. The van der Waals surface area contributed by atoms with E-state index < -0.39 is 0 Å². The number of piperidine rings is 1. The van der Waals surface area contributed by atoms with Crippen LogP contribution in [0, 0.1) is 5.92 Å². The minimum absolute atomic E-state index is 0.464. The fraction of sp³-hybridized carbons (Fsp3) is 0.444. The highest BCUT2D eigenvalue weighted by Gasteiger charge is 2.31. The zero-order chi connectivity index (χ0) is 22.0. The SMILES string of the molecule is COCCN(Cc1ccccn1)[C@H](Cc1ccccc1)C1CCN(Cc2ccoc2)CC1. The standard InChI is InChI=1S/C27H35N3O2/c1-31-18-16-30(21-26-9-5-6-13-28-26)27(19-23-7-3-2-4-8-23)25-10-14-29(15-11-25)20-24-12-17-32-22-24/h2-9,12-13,17,22,25,27H,10-11,14-16,18-21H2,1H3/t27-/m1/s1. The molecular formula is C27H35N3O2. The molecule has 5 heteroatoms. The number of furan rings is 1. The Morgan fingerprint density at radius 3 is 2.56 bits per heavy atom. The quantitative estimate of drug-likeness (QED) is 0.440. The van der Waals surface area contributed by atoms with Crippen molar-refractivity contribution in [3.8, 4) is 0 Å². The van der Waals surface area contributed by atoms with Gasteiger partial charge in [0.1, 0.15) is 0 Å². The highest BCUT2D eigenvalue weighted by Crippen LogP contribution is 2.28. The molecule has 4 rings (SSSR count). The Balaban J connectivity index is 1.48. The molecule has 1 saturated heterocycles. The number of methoxy groups -OCH3 is 1. The number of hydrogen-bond acceptors (Lipinski definition) is 5. The topological polar surface area (TPSA) is 41.7 Å². The number of ether oxygens (including phenoxy) is 1. The molecule has 0 bridgehead atoms. The van der Waals surface area contributed by atoms with Crippen molar-refractivity contribution in [1.82, 2.24) is 14.8 Å². The van der Waals surface area contributed by atoms with Gasteiger partial charge in [0.2, 0.25) is 0 Å². The lowest BCUT2D eigenvalue weighted by atomic mass is 9.84. The van der Waals surface area contributed by atoms with E-state index in [2.05, 4.69) is 63.3 Å². The van der Waals surface area contributed by atoms with Crippen LogP contribution in [0.15, 0.2) is 77.7 Å². The fourth-order valence-electron chi connectivity index (χ4n) is 4.86. The average molecular weight is 434 g/mol. The maximum absolute atomic E-state index is 5.49. The molecule has 0 N–H and O–H groups in total. The monoisotopic (exact) mass is 433 g/mol. The summed E-state index contributed by atoms with van der Waals surface area (Å²) in [6.45, 7) is 5.74. The maximum Gasteiger partial charge on any atom is 0.0947 e. The summed E-state index contributed by atoms with van der Waals surface area (Å²) in [7, 11) is 1.79. The van der Waals surface area contributed by atoms with Crippen LogP contribution in [0.25, 0.3) is 0 Å². The number of benzene rings is 1. The van der Waals surface area contributed by atoms with Crippen molar-refractivity contribution in [1.29, 1.82) is 0 Å². The van der Waals surface area contributed by atoms with Gasteiger partial charge in [-0.05, 0) is 62.0 Å². The van der Waals surface area contributed by atoms with Crippen molar-refractivity contribution in [2.45, 2.75) is 38.4 Å². The first-order valence-corrected chi connectivity index (χ1v) is 11.7. The number of aromatic nitrogens is 1. The Kier molecular flexibility index (Phi) is 8.49. The second-order valence-corrected chi connectivity index (χ2v) is 8.79. The molecule has 1 fully saturated rings. The highest BCUT2D eigenvalue weighted by atomic mass is 16.5. The number of rotatable bonds is 11. The molecule has 3 aromatic rings. The Morgan fingerprint density at radius 2 is 1.88 bits per heavy atom. The molecule has 0 amide bonds. The minimum atomic E-state index is 0.464. The first kappa shape index (κ1) is 22.7. The summed E-state index contributed by atoms with van der Waals surface area (Å²) in [6.07, 6.45) is 9.00. The van der Waals surface area contributed by atoms with Crippen molar-refractivity contribution in [2.75, 3.05) is 33.4 Å². The van der Waals surface area contributed by atoms with Crippen LogP contribution < -0.4 is 0 Å². The Labute approximate surface area is 192 Å². The van der Waals surface area contributed by atoms with Gasteiger partial charge in [0.05, 0.1) is 24.8 Å². The van der Waals surface area contributed by atoms with Gasteiger partial charge in [0, 0.05) is 44.5 Å². The van der Waals surface area contributed by atoms with Gasteiger partial charge < -0.3 is 9.15 Å². The largest absolute Gasteiger partial charge is 0.472 e. The van der Waals surface area contributed by atoms with Crippen LogP contribution in [0.4, 0.5) is 0 Å². The number of nitrogens with zero attached hydrogens (tertiary/aromatic N) is 3. The van der Waals surface area contributed by atoms with E-state index in [9.17, 15) is 0 Å². The number of hydrogen-bond donors (Lipinski definition) is 0. The summed E-state index contributed by atoms with van der Waals surface area (Å²) >= 11 is 0. The third kappa shape index (κ3) is 6.52. The van der Waals surface area contributed by atoms with E-state index in [-0.39, 0.29) is 0 Å². The molecule has 170 valence electrons. The van der Waals surface area contributed by atoms with Gasteiger partial charge in [-0.15, -0.1) is 0 Å². The Bertz CT molecular complexity index is 878. The lowest BCUT2D eigenvalue weighted by molar-refractivity contribution is 0.0564. The van der Waals surface area contributed by atoms with E-state index in [1.165, 1.54) is 24.0 Å². The van der Waals surface area contributed by atoms with Gasteiger partial charge in [-0.2, -0.15) is 0 Å². The van der Waals surface area contributed by atoms with Crippen LogP contribution in [-0.4, -0.2) is 54.2 Å². The van der Waals surface area contributed by atoms with Gasteiger partial charge in [0.25, 0.3) is 0 Å². The molecule has 0 radical (unpaired) electrons. The van der Waals surface area contributed by atoms with Crippen LogP contribution in [0.5, 0.6) is 0 Å².